The van der Waals surface area contributed by atoms with E-state index in [4.69, 9.17) is 11.6 Å². The molecule has 140 valence electrons. The molecular weight excluding hydrogens is 378 g/mol. The zero-order valence-electron chi connectivity index (χ0n) is 15.7. The highest BCUT2D eigenvalue weighted by Gasteiger charge is 2.14. The molecule has 0 saturated carbocycles. The largest absolute Gasteiger partial charge is 0.326 e. The number of hydrogen-bond acceptors (Lipinski definition) is 3. The maximum atomic E-state index is 12.3. The standard InChI is InChI=1S/C21H22ClN3OS/c1-14-4-7-17(8-5-14)23-20(26)13-25(2)12-16-10-15-6-9-18(27-3)11-19(15)24-21(16)22/h4-11H,12-13H2,1-3H3,(H,23,26)/p+1. The summed E-state index contributed by atoms with van der Waals surface area (Å²) in [5.74, 6) is -0.0224. The van der Waals surface area contributed by atoms with Crippen molar-refractivity contribution < 1.29 is 9.69 Å². The Kier molecular flexibility index (Phi) is 6.37. The van der Waals surface area contributed by atoms with Crippen molar-refractivity contribution in [3.63, 3.8) is 0 Å². The molecule has 1 heterocycles. The number of rotatable bonds is 6. The maximum Gasteiger partial charge on any atom is 0.279 e. The molecule has 4 nitrogen and oxygen atoms in total. The number of anilines is 1. The van der Waals surface area contributed by atoms with E-state index in [9.17, 15) is 4.79 Å². The fourth-order valence-corrected chi connectivity index (χ4v) is 3.57. The van der Waals surface area contributed by atoms with E-state index < -0.39 is 0 Å². The first-order valence-corrected chi connectivity index (χ1v) is 10.4. The quantitative estimate of drug-likeness (QED) is 0.491. The van der Waals surface area contributed by atoms with Gasteiger partial charge in [0.1, 0.15) is 11.7 Å². The highest BCUT2D eigenvalue weighted by atomic mass is 35.5. The van der Waals surface area contributed by atoms with Gasteiger partial charge in [0.05, 0.1) is 12.6 Å². The molecule has 3 rings (SSSR count). The molecule has 0 radical (unpaired) electrons. The number of halogens is 1. The Hall–Kier alpha value is -2.08. The van der Waals surface area contributed by atoms with E-state index in [0.717, 1.165) is 31.9 Å². The van der Waals surface area contributed by atoms with E-state index in [1.54, 1.807) is 11.8 Å². The summed E-state index contributed by atoms with van der Waals surface area (Å²) >= 11 is 8.07. The van der Waals surface area contributed by atoms with Crippen molar-refractivity contribution >= 4 is 45.9 Å². The van der Waals surface area contributed by atoms with Crippen LogP contribution in [-0.4, -0.2) is 30.7 Å². The fourth-order valence-electron chi connectivity index (χ4n) is 2.92. The molecule has 2 N–H and O–H groups in total. The first kappa shape index (κ1) is 19.7. The summed E-state index contributed by atoms with van der Waals surface area (Å²) < 4.78 is 0. The first-order chi connectivity index (χ1) is 12.9. The minimum atomic E-state index is -0.0224. The van der Waals surface area contributed by atoms with Crippen molar-refractivity contribution in [2.45, 2.75) is 18.4 Å². The Morgan fingerprint density at radius 1 is 1.19 bits per heavy atom. The molecule has 1 atom stereocenters. The highest BCUT2D eigenvalue weighted by Crippen LogP contribution is 2.24. The molecule has 2 aromatic carbocycles. The summed E-state index contributed by atoms with van der Waals surface area (Å²) in [7, 11) is 1.98. The molecule has 0 spiro atoms. The van der Waals surface area contributed by atoms with E-state index in [-0.39, 0.29) is 5.91 Å². The van der Waals surface area contributed by atoms with Crippen molar-refractivity contribution in [3.05, 3.63) is 64.8 Å². The number of hydrogen-bond donors (Lipinski definition) is 2. The summed E-state index contributed by atoms with van der Waals surface area (Å²) in [4.78, 5) is 19.0. The smallest absolute Gasteiger partial charge is 0.279 e. The van der Waals surface area contributed by atoms with Crippen LogP contribution in [-0.2, 0) is 11.3 Å². The third-order valence-corrected chi connectivity index (χ3v) is 5.39. The summed E-state index contributed by atoms with van der Waals surface area (Å²) in [6.45, 7) is 3.01. The SMILES string of the molecule is CSc1ccc2cc(C[NH+](C)CC(=O)Nc3ccc(C)cc3)c(Cl)nc2c1. The number of fused-ring (bicyclic) bond motifs is 1. The van der Waals surface area contributed by atoms with Gasteiger partial charge in [0, 0.05) is 21.5 Å². The number of likely N-dealkylation sites (N-methyl/N-ethyl adjacent to an activating group) is 1. The lowest BCUT2D eigenvalue weighted by molar-refractivity contribution is -0.885. The van der Waals surface area contributed by atoms with Gasteiger partial charge < -0.3 is 10.2 Å². The molecule has 0 saturated heterocycles. The summed E-state index contributed by atoms with van der Waals surface area (Å²) in [5.41, 5.74) is 3.82. The summed E-state index contributed by atoms with van der Waals surface area (Å²) in [5, 5.41) is 4.49. The van der Waals surface area contributed by atoms with Crippen molar-refractivity contribution in [2.75, 3.05) is 25.2 Å². The number of carbonyl (C=O) groups is 1. The Balaban J connectivity index is 1.66. The van der Waals surface area contributed by atoms with E-state index in [0.29, 0.717) is 18.2 Å². The second kappa shape index (κ2) is 8.74. The average Bonchev–Trinajstić information content (AvgIpc) is 2.63. The molecule has 3 aromatic rings. The Bertz CT molecular complexity index is 960. The predicted molar refractivity (Wildman–Crippen MR) is 114 cm³/mol. The van der Waals surface area contributed by atoms with Crippen LogP contribution in [0.25, 0.3) is 10.9 Å². The Morgan fingerprint density at radius 3 is 2.63 bits per heavy atom. The molecule has 0 aliphatic carbocycles. The van der Waals surface area contributed by atoms with E-state index >= 15 is 0 Å². The molecule has 1 unspecified atom stereocenters. The van der Waals surface area contributed by atoms with Crippen LogP contribution in [0.4, 0.5) is 5.69 Å². The minimum absolute atomic E-state index is 0.0224. The number of benzene rings is 2. The van der Waals surface area contributed by atoms with Gasteiger partial charge in [-0.1, -0.05) is 35.4 Å². The van der Waals surface area contributed by atoms with Crippen LogP contribution in [0.2, 0.25) is 5.15 Å². The Labute approximate surface area is 168 Å². The second-order valence-electron chi connectivity index (χ2n) is 6.72. The molecule has 27 heavy (non-hydrogen) atoms. The molecular formula is C21H23ClN3OS+. The number of nitrogens with zero attached hydrogens (tertiary/aromatic N) is 1. The predicted octanol–water partition coefficient (Wildman–Crippen LogP) is 3.57. The number of aryl methyl sites for hydroxylation is 1. The number of nitrogens with one attached hydrogen (secondary N) is 2. The molecule has 1 aromatic heterocycles. The van der Waals surface area contributed by atoms with Gasteiger partial charge in [-0.3, -0.25) is 4.79 Å². The number of pyridine rings is 1. The van der Waals surface area contributed by atoms with Crippen LogP contribution in [0.3, 0.4) is 0 Å². The minimum Gasteiger partial charge on any atom is -0.326 e. The fraction of sp³-hybridized carbons (Fsp3) is 0.238. The lowest BCUT2D eigenvalue weighted by atomic mass is 10.1. The van der Waals surface area contributed by atoms with Crippen LogP contribution in [0, 0.1) is 6.92 Å². The molecule has 0 fully saturated rings. The van der Waals surface area contributed by atoms with Crippen molar-refractivity contribution in [2.24, 2.45) is 0 Å². The average molecular weight is 401 g/mol. The van der Waals surface area contributed by atoms with Gasteiger partial charge in [-0.05, 0) is 43.5 Å². The molecule has 0 aliphatic rings. The van der Waals surface area contributed by atoms with Crippen LogP contribution in [0.15, 0.2) is 53.4 Å². The van der Waals surface area contributed by atoms with Gasteiger partial charge in [-0.15, -0.1) is 11.8 Å². The van der Waals surface area contributed by atoms with Crippen LogP contribution in [0.1, 0.15) is 11.1 Å². The van der Waals surface area contributed by atoms with E-state index in [2.05, 4.69) is 28.5 Å². The zero-order valence-corrected chi connectivity index (χ0v) is 17.2. The summed E-state index contributed by atoms with van der Waals surface area (Å²) in [6.07, 6.45) is 2.04. The number of carbonyl (C=O) groups excluding carboxylic acids is 1. The van der Waals surface area contributed by atoms with Gasteiger partial charge in [0.15, 0.2) is 6.54 Å². The van der Waals surface area contributed by atoms with Crippen LogP contribution in [0.5, 0.6) is 0 Å². The normalized spacial score (nSPS) is 12.1. The van der Waals surface area contributed by atoms with E-state index in [1.807, 2.05) is 50.6 Å². The first-order valence-electron chi connectivity index (χ1n) is 8.75. The molecule has 0 bridgehead atoms. The Morgan fingerprint density at radius 2 is 1.93 bits per heavy atom. The van der Waals surface area contributed by atoms with Crippen molar-refractivity contribution in [1.29, 1.82) is 0 Å². The number of thioether (sulfide) groups is 1. The van der Waals surface area contributed by atoms with Crippen LogP contribution < -0.4 is 10.2 Å². The lowest BCUT2D eigenvalue weighted by Gasteiger charge is -2.15. The third-order valence-electron chi connectivity index (χ3n) is 4.34. The monoisotopic (exact) mass is 400 g/mol. The van der Waals surface area contributed by atoms with Gasteiger partial charge in [0.2, 0.25) is 0 Å². The van der Waals surface area contributed by atoms with Crippen molar-refractivity contribution in [3.8, 4) is 0 Å². The third kappa shape index (κ3) is 5.22. The van der Waals surface area contributed by atoms with Crippen molar-refractivity contribution in [1.82, 2.24) is 4.98 Å². The number of quaternary nitrogens is 1. The lowest BCUT2D eigenvalue weighted by Crippen LogP contribution is -3.08. The molecule has 6 heteroatoms. The zero-order chi connectivity index (χ0) is 19.4. The molecule has 1 amide bonds. The van der Waals surface area contributed by atoms with Crippen LogP contribution >= 0.6 is 23.4 Å². The number of aromatic nitrogens is 1. The highest BCUT2D eigenvalue weighted by molar-refractivity contribution is 7.98. The second-order valence-corrected chi connectivity index (χ2v) is 7.96. The number of amides is 1. The van der Waals surface area contributed by atoms with E-state index in [1.165, 1.54) is 5.56 Å². The van der Waals surface area contributed by atoms with Gasteiger partial charge in [-0.25, -0.2) is 4.98 Å². The van der Waals surface area contributed by atoms with Gasteiger partial charge in [-0.2, -0.15) is 0 Å². The summed E-state index contributed by atoms with van der Waals surface area (Å²) in [6, 6.07) is 16.0. The van der Waals surface area contributed by atoms with Gasteiger partial charge >= 0.3 is 0 Å². The topological polar surface area (TPSA) is 46.4 Å². The maximum absolute atomic E-state index is 12.3. The molecule has 0 aliphatic heterocycles. The van der Waals surface area contributed by atoms with Gasteiger partial charge in [0.25, 0.3) is 5.91 Å².